The predicted octanol–water partition coefficient (Wildman–Crippen LogP) is 3.07. The van der Waals surface area contributed by atoms with E-state index in [4.69, 9.17) is 22.3 Å². The summed E-state index contributed by atoms with van der Waals surface area (Å²) in [4.78, 5) is 28.0. The van der Waals surface area contributed by atoms with E-state index in [9.17, 15) is 9.59 Å². The van der Waals surface area contributed by atoms with Crippen molar-refractivity contribution >= 4 is 35.0 Å². The number of anilines is 2. The van der Waals surface area contributed by atoms with Crippen LogP contribution in [0.15, 0.2) is 48.5 Å². The Hall–Kier alpha value is -3.55. The molecule has 160 valence electrons. The largest absolute Gasteiger partial charge is 0.481 e. The van der Waals surface area contributed by atoms with Gasteiger partial charge in [-0.25, -0.2) is 0 Å². The number of carbonyl (C=O) groups excluding carboxylic acids is 2. The fraction of sp³-hybridized carbons (Fsp3) is 0.250. The Bertz CT molecular complexity index is 880. The van der Waals surface area contributed by atoms with Crippen molar-refractivity contribution in [3.05, 3.63) is 48.5 Å². The van der Waals surface area contributed by atoms with Crippen molar-refractivity contribution in [3.8, 4) is 36.2 Å². The zero-order valence-electron chi connectivity index (χ0n) is 17.5. The third-order valence-electron chi connectivity index (χ3n) is 4.29. The second-order valence-electron chi connectivity index (χ2n) is 6.37. The molecule has 6 nitrogen and oxygen atoms in total. The Morgan fingerprint density at radius 2 is 1.13 bits per heavy atom. The summed E-state index contributed by atoms with van der Waals surface area (Å²) in [5, 5.41) is 0. The molecular formula is C24H24N2O4S. The molecule has 0 saturated carbocycles. The van der Waals surface area contributed by atoms with Crippen molar-refractivity contribution < 1.29 is 19.1 Å². The van der Waals surface area contributed by atoms with E-state index in [2.05, 4.69) is 11.8 Å². The van der Waals surface area contributed by atoms with Gasteiger partial charge in [0, 0.05) is 25.5 Å². The SMILES string of the molecule is C#CCOc1ccc(N(C)C(=O)CSCC(=O)N(C)c2ccc(OCC#C)cc2)cc1. The van der Waals surface area contributed by atoms with Gasteiger partial charge in [-0.3, -0.25) is 9.59 Å². The van der Waals surface area contributed by atoms with Crippen molar-refractivity contribution in [2.45, 2.75) is 0 Å². The van der Waals surface area contributed by atoms with Gasteiger partial charge in [-0.15, -0.1) is 24.6 Å². The zero-order chi connectivity index (χ0) is 22.6. The normalized spacial score (nSPS) is 9.81. The summed E-state index contributed by atoms with van der Waals surface area (Å²) in [5.74, 6) is 6.24. The maximum absolute atomic E-state index is 12.4. The smallest absolute Gasteiger partial charge is 0.236 e. The third kappa shape index (κ3) is 7.33. The van der Waals surface area contributed by atoms with E-state index in [1.165, 1.54) is 11.8 Å². The van der Waals surface area contributed by atoms with E-state index in [-0.39, 0.29) is 36.5 Å². The van der Waals surface area contributed by atoms with Crippen LogP contribution in [0.2, 0.25) is 0 Å². The monoisotopic (exact) mass is 436 g/mol. The van der Waals surface area contributed by atoms with Crippen LogP contribution in [0, 0.1) is 24.7 Å². The minimum absolute atomic E-state index is 0.104. The molecule has 0 aromatic heterocycles. The van der Waals surface area contributed by atoms with Crippen LogP contribution in [-0.4, -0.2) is 50.6 Å². The first-order valence-electron chi connectivity index (χ1n) is 9.39. The molecule has 0 bridgehead atoms. The summed E-state index contributed by atoms with van der Waals surface area (Å²) < 4.78 is 10.6. The molecule has 2 rings (SSSR count). The average molecular weight is 437 g/mol. The lowest BCUT2D eigenvalue weighted by atomic mass is 10.3. The summed E-state index contributed by atoms with van der Waals surface area (Å²) in [6.07, 6.45) is 10.3. The van der Waals surface area contributed by atoms with Crippen molar-refractivity contribution in [1.29, 1.82) is 0 Å². The van der Waals surface area contributed by atoms with Gasteiger partial charge in [0.15, 0.2) is 0 Å². The Balaban J connectivity index is 1.80. The van der Waals surface area contributed by atoms with Gasteiger partial charge in [0.05, 0.1) is 11.5 Å². The maximum Gasteiger partial charge on any atom is 0.236 e. The molecule has 0 radical (unpaired) electrons. The van der Waals surface area contributed by atoms with Crippen LogP contribution in [0.5, 0.6) is 11.5 Å². The fourth-order valence-corrected chi connectivity index (χ4v) is 3.33. The summed E-state index contributed by atoms with van der Waals surface area (Å²) >= 11 is 1.27. The van der Waals surface area contributed by atoms with E-state index in [0.717, 1.165) is 11.4 Å². The molecule has 0 heterocycles. The Labute approximate surface area is 187 Å². The molecule has 0 aliphatic rings. The van der Waals surface area contributed by atoms with Crippen molar-refractivity contribution in [2.75, 3.05) is 48.6 Å². The molecule has 0 atom stereocenters. The maximum atomic E-state index is 12.4. The summed E-state index contributed by atoms with van der Waals surface area (Å²) in [7, 11) is 3.38. The van der Waals surface area contributed by atoms with Gasteiger partial charge in [0.2, 0.25) is 11.8 Å². The Morgan fingerprint density at radius 1 is 0.774 bits per heavy atom. The number of benzene rings is 2. The molecule has 0 saturated heterocycles. The summed E-state index contributed by atoms with van der Waals surface area (Å²) in [6, 6.07) is 14.1. The molecule has 0 aliphatic heterocycles. The van der Waals surface area contributed by atoms with Gasteiger partial charge in [-0.05, 0) is 48.5 Å². The van der Waals surface area contributed by atoms with Crippen LogP contribution in [0.1, 0.15) is 0 Å². The van der Waals surface area contributed by atoms with Crippen molar-refractivity contribution in [1.82, 2.24) is 0 Å². The molecule has 0 aliphatic carbocycles. The lowest BCUT2D eigenvalue weighted by Gasteiger charge is -2.19. The van der Waals surface area contributed by atoms with Crippen LogP contribution >= 0.6 is 11.8 Å². The minimum Gasteiger partial charge on any atom is -0.481 e. The topological polar surface area (TPSA) is 59.1 Å². The molecule has 0 N–H and O–H groups in total. The first-order valence-corrected chi connectivity index (χ1v) is 10.5. The summed E-state index contributed by atoms with van der Waals surface area (Å²) in [6.45, 7) is 0.383. The van der Waals surface area contributed by atoms with E-state index >= 15 is 0 Å². The molecule has 2 aromatic carbocycles. The second-order valence-corrected chi connectivity index (χ2v) is 7.36. The quantitative estimate of drug-likeness (QED) is 0.536. The molecule has 2 amide bonds. The van der Waals surface area contributed by atoms with E-state index < -0.39 is 0 Å². The number of hydrogen-bond donors (Lipinski definition) is 0. The van der Waals surface area contributed by atoms with Crippen LogP contribution in [0.3, 0.4) is 0 Å². The number of ether oxygens (including phenoxy) is 2. The van der Waals surface area contributed by atoms with E-state index in [0.29, 0.717) is 11.5 Å². The first kappa shape index (κ1) is 23.7. The Morgan fingerprint density at radius 3 is 1.45 bits per heavy atom. The fourth-order valence-electron chi connectivity index (χ4n) is 2.49. The number of hydrogen-bond acceptors (Lipinski definition) is 5. The minimum atomic E-state index is -0.104. The van der Waals surface area contributed by atoms with E-state index in [1.807, 2.05) is 0 Å². The molecule has 7 heteroatoms. The van der Waals surface area contributed by atoms with Crippen LogP contribution in [0.4, 0.5) is 11.4 Å². The predicted molar refractivity (Wildman–Crippen MR) is 126 cm³/mol. The summed E-state index contributed by atoms with van der Waals surface area (Å²) in [5.41, 5.74) is 1.46. The highest BCUT2D eigenvalue weighted by Gasteiger charge is 2.15. The zero-order valence-corrected chi connectivity index (χ0v) is 18.4. The van der Waals surface area contributed by atoms with Crippen LogP contribution < -0.4 is 19.3 Å². The molecule has 0 spiro atoms. The average Bonchev–Trinajstić information content (AvgIpc) is 2.80. The highest BCUT2D eigenvalue weighted by molar-refractivity contribution is 8.00. The Kier molecular flexibility index (Phi) is 9.35. The van der Waals surface area contributed by atoms with Gasteiger partial charge in [0.25, 0.3) is 0 Å². The molecule has 0 fully saturated rings. The van der Waals surface area contributed by atoms with Crippen LogP contribution in [-0.2, 0) is 9.59 Å². The lowest BCUT2D eigenvalue weighted by Crippen LogP contribution is -2.30. The van der Waals surface area contributed by atoms with E-state index in [1.54, 1.807) is 72.4 Å². The highest BCUT2D eigenvalue weighted by Crippen LogP contribution is 2.21. The van der Waals surface area contributed by atoms with Gasteiger partial charge in [-0.1, -0.05) is 11.8 Å². The van der Waals surface area contributed by atoms with Gasteiger partial charge >= 0.3 is 0 Å². The highest BCUT2D eigenvalue weighted by atomic mass is 32.2. The molecular weight excluding hydrogens is 412 g/mol. The number of amides is 2. The van der Waals surface area contributed by atoms with Crippen molar-refractivity contribution in [2.24, 2.45) is 0 Å². The number of nitrogens with zero attached hydrogens (tertiary/aromatic N) is 2. The van der Waals surface area contributed by atoms with Gasteiger partial charge < -0.3 is 19.3 Å². The number of terminal acetylenes is 2. The second kappa shape index (κ2) is 12.2. The number of rotatable bonds is 10. The standard InChI is InChI=1S/C24H24N2O4S/c1-5-15-29-21-11-7-19(8-12-21)25(3)23(27)17-31-18-24(28)26(4)20-9-13-22(14-10-20)30-16-6-2/h1-2,7-14H,15-18H2,3-4H3. The van der Waals surface area contributed by atoms with Gasteiger partial charge in [-0.2, -0.15) is 0 Å². The molecule has 31 heavy (non-hydrogen) atoms. The number of thioether (sulfide) groups is 1. The van der Waals surface area contributed by atoms with Crippen molar-refractivity contribution in [3.63, 3.8) is 0 Å². The van der Waals surface area contributed by atoms with Gasteiger partial charge in [0.1, 0.15) is 24.7 Å². The molecule has 2 aromatic rings. The lowest BCUT2D eigenvalue weighted by molar-refractivity contribution is -0.116. The third-order valence-corrected chi connectivity index (χ3v) is 5.19. The number of carbonyl (C=O) groups is 2. The first-order chi connectivity index (χ1) is 15.0. The molecule has 0 unspecified atom stereocenters. The van der Waals surface area contributed by atoms with Crippen LogP contribution in [0.25, 0.3) is 0 Å².